The van der Waals surface area contributed by atoms with E-state index in [9.17, 15) is 28.8 Å². The zero-order valence-corrected chi connectivity index (χ0v) is 44.7. The molecule has 0 saturated heterocycles. The van der Waals surface area contributed by atoms with Gasteiger partial charge in [-0.05, 0) is 146 Å². The van der Waals surface area contributed by atoms with E-state index in [1.54, 1.807) is 70.6 Å². The molecule has 6 amide bonds. The first-order valence-electron chi connectivity index (χ1n) is 22.1. The Hall–Kier alpha value is -6.54. The summed E-state index contributed by atoms with van der Waals surface area (Å²) in [5, 5.41) is 17.3. The first-order valence-corrected chi connectivity index (χ1v) is 27.0. The molecule has 0 aliphatic carbocycles. The van der Waals surface area contributed by atoms with E-state index in [4.69, 9.17) is 0 Å². The molecule has 0 unspecified atom stereocenters. The molecule has 6 N–H and O–H groups in total. The van der Waals surface area contributed by atoms with E-state index in [1.165, 1.54) is 41.5 Å². The van der Waals surface area contributed by atoms with Gasteiger partial charge < -0.3 is 31.9 Å². The second-order valence-corrected chi connectivity index (χ2v) is 22.3. The van der Waals surface area contributed by atoms with Crippen LogP contribution in [-0.2, 0) is 28.8 Å². The highest BCUT2D eigenvalue weighted by Crippen LogP contribution is 2.59. The van der Waals surface area contributed by atoms with Gasteiger partial charge in [-0.15, -0.1) is 0 Å². The first kappa shape index (κ1) is 53.3. The fourth-order valence-electron chi connectivity index (χ4n) is 6.74. The maximum Gasteiger partial charge on any atom is 0.221 e. The van der Waals surface area contributed by atoms with Gasteiger partial charge in [-0.2, -0.15) is 0 Å². The molecule has 0 aromatic heterocycles. The van der Waals surface area contributed by atoms with E-state index in [2.05, 4.69) is 31.9 Å². The predicted octanol–water partition coefficient (Wildman–Crippen LogP) is 14.3. The summed E-state index contributed by atoms with van der Waals surface area (Å²) < 4.78 is 0. The zero-order chi connectivity index (χ0) is 51.3. The average molecular weight is 1070 g/mol. The van der Waals surface area contributed by atoms with Crippen molar-refractivity contribution in [2.24, 2.45) is 0 Å². The summed E-state index contributed by atoms with van der Waals surface area (Å²) >= 11 is 9.49. The molecule has 0 fully saturated rings. The quantitative estimate of drug-likeness (QED) is 0.0481. The van der Waals surface area contributed by atoms with E-state index in [0.29, 0.717) is 34.1 Å². The van der Waals surface area contributed by atoms with E-state index < -0.39 is 0 Å². The highest BCUT2D eigenvalue weighted by atomic mass is 32.2. The molecule has 0 aliphatic heterocycles. The molecule has 366 valence electrons. The molecule has 0 aliphatic rings. The van der Waals surface area contributed by atoms with Crippen LogP contribution in [0.5, 0.6) is 0 Å². The molecular weight excluding hydrogens is 1020 g/mol. The molecule has 0 radical (unpaired) electrons. The molecule has 0 saturated carbocycles. The van der Waals surface area contributed by atoms with Crippen molar-refractivity contribution >= 4 is 140 Å². The number of carbonyl (C=O) groups excluding carboxylic acids is 6. The Morgan fingerprint density at radius 3 is 0.431 bits per heavy atom. The fourth-order valence-corrected chi connectivity index (χ4v) is 14.0. The highest BCUT2D eigenvalue weighted by Gasteiger charge is 2.29. The number of hydrogen-bond donors (Lipinski definition) is 6. The lowest BCUT2D eigenvalue weighted by Gasteiger charge is -2.26. The molecule has 7 aromatic rings. The second kappa shape index (κ2) is 25.2. The third-order valence-electron chi connectivity index (χ3n) is 9.60. The molecule has 12 nitrogen and oxygen atoms in total. The van der Waals surface area contributed by atoms with Crippen LogP contribution in [0.1, 0.15) is 41.5 Å². The molecule has 7 rings (SSSR count). The maximum atomic E-state index is 12.1. The topological polar surface area (TPSA) is 175 Å². The van der Waals surface area contributed by atoms with Gasteiger partial charge in [0.05, 0.1) is 0 Å². The van der Waals surface area contributed by atoms with Crippen LogP contribution >= 0.6 is 70.6 Å². The van der Waals surface area contributed by atoms with E-state index >= 15 is 0 Å². The van der Waals surface area contributed by atoms with Crippen molar-refractivity contribution in [3.63, 3.8) is 0 Å². The fraction of sp³-hybridized carbons (Fsp3) is 0.111. The minimum absolute atomic E-state index is 0.182. The van der Waals surface area contributed by atoms with Crippen molar-refractivity contribution in [3.05, 3.63) is 146 Å². The SMILES string of the molecule is CC(=O)Nc1ccc(Sc2c(Sc3ccc(NC(C)=O)cc3)c(Sc3ccc(NC(C)=O)cc3)c(Sc3ccc(NC(C)=O)cc3)c(Sc3ccc(NC(C)=O)cc3)c2Sc2ccc(NC(C)=O)cc2)cc1. The molecule has 0 heterocycles. The van der Waals surface area contributed by atoms with Crippen molar-refractivity contribution in [3.8, 4) is 0 Å². The van der Waals surface area contributed by atoms with Crippen molar-refractivity contribution in [2.75, 3.05) is 31.9 Å². The summed E-state index contributed by atoms with van der Waals surface area (Å²) in [6.07, 6.45) is 0. The van der Waals surface area contributed by atoms with Gasteiger partial charge in [0.25, 0.3) is 0 Å². The van der Waals surface area contributed by atoms with Crippen LogP contribution in [0.2, 0.25) is 0 Å². The third kappa shape index (κ3) is 15.7. The summed E-state index contributed by atoms with van der Waals surface area (Å²) in [7, 11) is 0. The molecule has 0 atom stereocenters. The van der Waals surface area contributed by atoms with Gasteiger partial charge in [0.2, 0.25) is 35.4 Å². The van der Waals surface area contributed by atoms with Gasteiger partial charge in [-0.1, -0.05) is 70.6 Å². The van der Waals surface area contributed by atoms with Gasteiger partial charge >= 0.3 is 0 Å². The Morgan fingerprint density at radius 1 is 0.222 bits per heavy atom. The van der Waals surface area contributed by atoms with Gasteiger partial charge in [0.1, 0.15) is 0 Å². The monoisotopic (exact) mass is 1070 g/mol. The summed E-state index contributed by atoms with van der Waals surface area (Å²) in [6.45, 7) is 8.82. The number of carbonyl (C=O) groups is 6. The largest absolute Gasteiger partial charge is 0.326 e. The Morgan fingerprint density at radius 2 is 0.333 bits per heavy atom. The lowest BCUT2D eigenvalue weighted by molar-refractivity contribution is -0.115. The van der Waals surface area contributed by atoms with Crippen LogP contribution in [0.4, 0.5) is 34.1 Å². The summed E-state index contributed by atoms with van der Waals surface area (Å²) in [6, 6.07) is 46.2. The molecule has 72 heavy (non-hydrogen) atoms. The van der Waals surface area contributed by atoms with Crippen molar-refractivity contribution < 1.29 is 28.8 Å². The van der Waals surface area contributed by atoms with Crippen molar-refractivity contribution in [1.82, 2.24) is 0 Å². The third-order valence-corrected chi connectivity index (χ3v) is 17.1. The Kier molecular flexibility index (Phi) is 18.7. The second-order valence-electron chi connectivity index (χ2n) is 15.8. The Labute approximate surface area is 443 Å². The Bertz CT molecular complexity index is 2550. The molecular formula is C54H48N6O6S6. The van der Waals surface area contributed by atoms with Crippen LogP contribution in [0.25, 0.3) is 0 Å². The van der Waals surface area contributed by atoms with E-state index in [-0.39, 0.29) is 35.4 Å². The highest BCUT2D eigenvalue weighted by molar-refractivity contribution is 8.07. The lowest BCUT2D eigenvalue weighted by Crippen LogP contribution is -2.05. The average Bonchev–Trinajstić information content (AvgIpc) is 3.32. The summed E-state index contributed by atoms with van der Waals surface area (Å²) in [4.78, 5) is 83.4. The smallest absolute Gasteiger partial charge is 0.221 e. The predicted molar refractivity (Wildman–Crippen MR) is 296 cm³/mol. The van der Waals surface area contributed by atoms with Gasteiger partial charge in [-0.25, -0.2) is 0 Å². The zero-order valence-electron chi connectivity index (χ0n) is 39.8. The molecule has 7 aromatic carbocycles. The van der Waals surface area contributed by atoms with Crippen LogP contribution in [0, 0.1) is 0 Å². The molecule has 18 heteroatoms. The van der Waals surface area contributed by atoms with Crippen LogP contribution in [0.15, 0.2) is 204 Å². The van der Waals surface area contributed by atoms with Crippen LogP contribution in [-0.4, -0.2) is 35.4 Å². The van der Waals surface area contributed by atoms with E-state index in [1.807, 2.05) is 146 Å². The minimum atomic E-state index is -0.182. The van der Waals surface area contributed by atoms with Crippen LogP contribution < -0.4 is 31.9 Å². The number of amides is 6. The van der Waals surface area contributed by atoms with Crippen LogP contribution in [0.3, 0.4) is 0 Å². The molecule has 0 spiro atoms. The summed E-state index contributed by atoms with van der Waals surface area (Å²) in [5.74, 6) is -1.09. The maximum absolute atomic E-state index is 12.1. The normalized spacial score (nSPS) is 10.8. The van der Waals surface area contributed by atoms with E-state index in [0.717, 1.165) is 58.7 Å². The van der Waals surface area contributed by atoms with Gasteiger partial charge in [0.15, 0.2) is 0 Å². The number of benzene rings is 7. The van der Waals surface area contributed by atoms with Crippen molar-refractivity contribution in [2.45, 2.75) is 100 Å². The minimum Gasteiger partial charge on any atom is -0.326 e. The number of hydrogen-bond acceptors (Lipinski definition) is 12. The first-order chi connectivity index (χ1) is 34.5. The van der Waals surface area contributed by atoms with Gasteiger partial charge in [-0.3, -0.25) is 28.8 Å². The number of anilines is 6. The standard InChI is InChI=1S/C54H48N6O6S6/c1-31(61)55-37-7-19-43(20-8-37)67-49-50(68-44-21-9-38(10-22-44)56-32(2)62)52(70-46-25-13-40(14-26-46)58-34(4)64)54(72-48-29-17-42(18-30-48)60-36(6)66)53(71-47-27-15-41(16-28-47)59-35(5)65)51(49)69-45-23-11-39(12-24-45)57-33(3)63/h7-30H,1-6H3,(H,55,61)(H,56,62)(H,57,63)(H,58,64)(H,59,65)(H,60,66). The number of rotatable bonds is 18. The van der Waals surface area contributed by atoms with Gasteiger partial charge in [0, 0.05) is 134 Å². The molecule has 0 bridgehead atoms. The Balaban J connectivity index is 1.55. The number of nitrogens with one attached hydrogen (secondary N) is 6. The summed E-state index contributed by atoms with van der Waals surface area (Å²) in [5.41, 5.74) is 3.94. The lowest BCUT2D eigenvalue weighted by atomic mass is 10.3. The van der Waals surface area contributed by atoms with Crippen molar-refractivity contribution in [1.29, 1.82) is 0 Å².